The van der Waals surface area contributed by atoms with E-state index in [1.807, 2.05) is 0 Å². The van der Waals surface area contributed by atoms with E-state index in [0.29, 0.717) is 5.23 Å². The van der Waals surface area contributed by atoms with Crippen molar-refractivity contribution in [2.45, 2.75) is 0 Å². The lowest BCUT2D eigenvalue weighted by Gasteiger charge is -2.25. The molecule has 0 spiro atoms. The second-order valence-corrected chi connectivity index (χ2v) is 2.12. The predicted molar refractivity (Wildman–Crippen MR) is 41.5 cm³/mol. The van der Waals surface area contributed by atoms with Crippen molar-refractivity contribution in [2.24, 2.45) is 0 Å². The molecule has 7 nitrogen and oxygen atoms in total. The Labute approximate surface area is 76.7 Å². The van der Waals surface area contributed by atoms with Crippen LogP contribution in [0.4, 0.5) is 4.79 Å². The molecule has 0 aromatic rings. The summed E-state index contributed by atoms with van der Waals surface area (Å²) in [4.78, 5) is 29.5. The van der Waals surface area contributed by atoms with Crippen LogP contribution in [0.25, 0.3) is 0 Å². The van der Waals surface area contributed by atoms with Gasteiger partial charge in [0, 0.05) is 4.81 Å². The van der Waals surface area contributed by atoms with Gasteiger partial charge in [-0.25, -0.2) is 9.68 Å². The quantitative estimate of drug-likeness (QED) is 0.470. The highest BCUT2D eigenvalue weighted by Gasteiger charge is 2.41. The molecule has 0 aliphatic heterocycles. The summed E-state index contributed by atoms with van der Waals surface area (Å²) in [5.41, 5.74) is 0. The summed E-state index contributed by atoms with van der Waals surface area (Å²) in [6, 6.07) is -0.644. The van der Waals surface area contributed by atoms with E-state index < -0.39 is 10.8 Å². The summed E-state index contributed by atoms with van der Waals surface area (Å²) in [6.45, 7) is 0. The van der Waals surface area contributed by atoms with Crippen LogP contribution in [0.2, 0.25) is 0 Å². The third kappa shape index (κ3) is 2.61. The molecule has 0 aromatic carbocycles. The van der Waals surface area contributed by atoms with E-state index >= 15 is 0 Å². The van der Waals surface area contributed by atoms with Gasteiger partial charge in [0.2, 0.25) is 0 Å². The fourth-order valence-electron chi connectivity index (χ4n) is 0.610. The summed E-state index contributed by atoms with van der Waals surface area (Å²) in [5.74, 6) is 0. The maximum absolute atomic E-state index is 11.5. The van der Waals surface area contributed by atoms with E-state index in [1.54, 1.807) is 0 Å². The smallest absolute Gasteiger partial charge is 0.245 e. The number of urea groups is 1. The van der Waals surface area contributed by atoms with Crippen LogP contribution in [-0.2, 0) is 19.4 Å². The van der Waals surface area contributed by atoms with E-state index in [9.17, 15) is 4.79 Å². The van der Waals surface area contributed by atoms with Crippen molar-refractivity contribution in [1.82, 2.24) is 5.23 Å². The first-order chi connectivity index (χ1) is 6.05. The number of carbonyl (C=O) groups excluding carboxylic acids is 1. The predicted octanol–water partition coefficient (Wildman–Crippen LogP) is 0.101. The molecule has 0 aliphatic carbocycles. The average Bonchev–Trinajstić information content (AvgIpc) is 2.18. The van der Waals surface area contributed by atoms with Crippen molar-refractivity contribution in [2.75, 3.05) is 35.5 Å². The van der Waals surface area contributed by atoms with Crippen molar-refractivity contribution in [1.29, 1.82) is 0 Å². The van der Waals surface area contributed by atoms with Crippen LogP contribution in [-0.4, -0.2) is 51.6 Å². The van der Waals surface area contributed by atoms with Crippen LogP contribution < -0.4 is 0 Å². The van der Waals surface area contributed by atoms with Crippen LogP contribution in [0, 0.1) is 0 Å². The highest BCUT2D eigenvalue weighted by Crippen LogP contribution is 2.09. The summed E-state index contributed by atoms with van der Waals surface area (Å²) in [6.07, 6.45) is 0. The van der Waals surface area contributed by atoms with E-state index in [-0.39, 0.29) is 0 Å². The SMILES string of the molecule is CON(OC)C(=O)[N+](C)(OC)OC. The number of hydrogen-bond acceptors (Lipinski definition) is 5. The maximum atomic E-state index is 11.5. The van der Waals surface area contributed by atoms with E-state index in [1.165, 1.54) is 35.5 Å². The average molecular weight is 195 g/mol. The zero-order chi connectivity index (χ0) is 10.5. The van der Waals surface area contributed by atoms with Gasteiger partial charge < -0.3 is 0 Å². The molecule has 2 amide bonds. The number of nitrogens with zero attached hydrogens (tertiary/aromatic N) is 2. The second kappa shape index (κ2) is 5.10. The highest BCUT2D eigenvalue weighted by molar-refractivity contribution is 5.63. The molecule has 0 rings (SSSR count). The highest BCUT2D eigenvalue weighted by atomic mass is 17.0. The summed E-state index contributed by atoms with van der Waals surface area (Å²) in [7, 11) is 6.62. The molecule has 13 heavy (non-hydrogen) atoms. The topological polar surface area (TPSA) is 57.2 Å². The molecule has 0 heterocycles. The standard InChI is InChI=1S/C6H15N2O5/c1-8(12-4,13-5)6(9)7(10-2)11-3/h1-5H3/q+1. The number of rotatable bonds is 4. The van der Waals surface area contributed by atoms with Gasteiger partial charge in [0.1, 0.15) is 21.3 Å². The van der Waals surface area contributed by atoms with Crippen molar-refractivity contribution in [3.8, 4) is 0 Å². The molecule has 0 N–H and O–H groups in total. The van der Waals surface area contributed by atoms with Crippen molar-refractivity contribution in [3.63, 3.8) is 0 Å². The molecule has 0 aliphatic rings. The van der Waals surface area contributed by atoms with Crippen molar-refractivity contribution < 1.29 is 29.0 Å². The molecule has 0 atom stereocenters. The molecule has 0 unspecified atom stereocenters. The Morgan fingerprint density at radius 1 is 1.08 bits per heavy atom. The Hall–Kier alpha value is -0.730. The van der Waals surface area contributed by atoms with Gasteiger partial charge in [0.15, 0.2) is 0 Å². The van der Waals surface area contributed by atoms with E-state index in [0.717, 1.165) is 0 Å². The fourth-order valence-corrected chi connectivity index (χ4v) is 0.610. The molecular weight excluding hydrogens is 180 g/mol. The third-order valence-corrected chi connectivity index (χ3v) is 1.53. The molecule has 0 saturated heterocycles. The van der Waals surface area contributed by atoms with Gasteiger partial charge in [0.25, 0.3) is 0 Å². The van der Waals surface area contributed by atoms with Gasteiger partial charge in [-0.2, -0.15) is 14.5 Å². The second-order valence-electron chi connectivity index (χ2n) is 2.12. The number of carbonyl (C=O) groups is 1. The first kappa shape index (κ1) is 12.3. The first-order valence-corrected chi connectivity index (χ1v) is 3.46. The van der Waals surface area contributed by atoms with Crippen molar-refractivity contribution >= 4 is 6.03 Å². The minimum absolute atomic E-state index is 0.644. The normalized spacial score (nSPS) is 11.5. The maximum Gasteiger partial charge on any atom is 0.534 e. The molecule has 0 saturated carbocycles. The molecule has 7 heteroatoms. The molecule has 0 bridgehead atoms. The fraction of sp³-hybridized carbons (Fsp3) is 0.833. The van der Waals surface area contributed by atoms with Crippen LogP contribution >= 0.6 is 0 Å². The zero-order valence-electron chi connectivity index (χ0n) is 8.44. The Morgan fingerprint density at radius 2 is 1.46 bits per heavy atom. The van der Waals surface area contributed by atoms with Gasteiger partial charge in [0.05, 0.1) is 14.2 Å². The third-order valence-electron chi connectivity index (χ3n) is 1.53. The van der Waals surface area contributed by atoms with Crippen LogP contribution in [0.5, 0.6) is 0 Å². The lowest BCUT2D eigenvalue weighted by atomic mass is 10.9. The van der Waals surface area contributed by atoms with Crippen LogP contribution in [0.3, 0.4) is 0 Å². The first-order valence-electron chi connectivity index (χ1n) is 3.46. The molecular formula is C6H15N2O5+. The monoisotopic (exact) mass is 195 g/mol. The van der Waals surface area contributed by atoms with Gasteiger partial charge in [-0.3, -0.25) is 0 Å². The summed E-state index contributed by atoms with van der Waals surface area (Å²) in [5, 5.41) is 0.646. The number of hydroxylamine groups is 6. The van der Waals surface area contributed by atoms with Gasteiger partial charge in [-0.05, 0) is 5.23 Å². The summed E-state index contributed by atoms with van der Waals surface area (Å²) < 4.78 is 0. The van der Waals surface area contributed by atoms with Gasteiger partial charge in [-0.1, -0.05) is 0 Å². The Balaban J connectivity index is 4.53. The van der Waals surface area contributed by atoms with Crippen molar-refractivity contribution in [3.05, 3.63) is 0 Å². The summed E-state index contributed by atoms with van der Waals surface area (Å²) >= 11 is 0. The number of amides is 2. The Morgan fingerprint density at radius 3 is 1.69 bits per heavy atom. The molecule has 78 valence electrons. The lowest BCUT2D eigenvalue weighted by Crippen LogP contribution is -2.53. The minimum Gasteiger partial charge on any atom is -0.245 e. The zero-order valence-corrected chi connectivity index (χ0v) is 8.44. The largest absolute Gasteiger partial charge is 0.534 e. The molecule has 0 radical (unpaired) electrons. The lowest BCUT2D eigenvalue weighted by molar-refractivity contribution is -1.18. The van der Waals surface area contributed by atoms with Gasteiger partial charge in [-0.15, -0.1) is 0 Å². The van der Waals surface area contributed by atoms with E-state index in [2.05, 4.69) is 9.68 Å². The number of hydrogen-bond donors (Lipinski definition) is 0. The van der Waals surface area contributed by atoms with E-state index in [4.69, 9.17) is 9.68 Å². The van der Waals surface area contributed by atoms with Gasteiger partial charge >= 0.3 is 6.03 Å². The minimum atomic E-state index is -0.734. The van der Waals surface area contributed by atoms with Crippen LogP contribution in [0.1, 0.15) is 0 Å². The molecule has 0 aromatic heterocycles. The van der Waals surface area contributed by atoms with Crippen LogP contribution in [0.15, 0.2) is 0 Å². The molecule has 0 fully saturated rings. The Kier molecular flexibility index (Phi) is 4.81. The Bertz CT molecular complexity index is 166. The number of quaternary nitrogens is 1.